The van der Waals surface area contributed by atoms with Gasteiger partial charge in [-0.15, -0.1) is 11.3 Å². The lowest BCUT2D eigenvalue weighted by molar-refractivity contribution is 1.48. The molecule has 0 fully saturated rings. The van der Waals surface area contributed by atoms with Crippen LogP contribution in [0.1, 0.15) is 5.56 Å². The van der Waals surface area contributed by atoms with Gasteiger partial charge in [-0.1, -0.05) is 0 Å². The van der Waals surface area contributed by atoms with E-state index >= 15 is 0 Å². The van der Waals surface area contributed by atoms with Crippen molar-refractivity contribution in [3.8, 4) is 6.07 Å². The number of anilines is 1. The van der Waals surface area contributed by atoms with E-state index in [2.05, 4.69) is 22.0 Å². The van der Waals surface area contributed by atoms with Gasteiger partial charge in [-0.3, -0.25) is 0 Å². The molecule has 0 saturated carbocycles. The summed E-state index contributed by atoms with van der Waals surface area (Å²) in [4.78, 5) is 0. The fourth-order valence-corrected chi connectivity index (χ4v) is 2.57. The second-order valence-electron chi connectivity index (χ2n) is 2.60. The van der Waals surface area contributed by atoms with E-state index in [1.54, 1.807) is 11.3 Å². The number of nitrogens with two attached hydrogens (primary N) is 1. The SMILES string of the molecule is N#Cc1cc2ccsc2c(N)c1Br. The minimum atomic E-state index is 0.586. The molecule has 2 aromatic rings. The fraction of sp³-hybridized carbons (Fsp3) is 0. The summed E-state index contributed by atoms with van der Waals surface area (Å²) in [7, 11) is 0. The van der Waals surface area contributed by atoms with E-state index in [4.69, 9.17) is 11.0 Å². The quantitative estimate of drug-likeness (QED) is 0.733. The molecule has 0 bridgehead atoms. The number of nitrogens with zero attached hydrogens (tertiary/aromatic N) is 1. The lowest BCUT2D eigenvalue weighted by atomic mass is 10.1. The van der Waals surface area contributed by atoms with Crippen molar-refractivity contribution in [3.63, 3.8) is 0 Å². The van der Waals surface area contributed by atoms with Crippen LogP contribution < -0.4 is 5.73 Å². The maximum Gasteiger partial charge on any atom is 0.100 e. The molecule has 0 aliphatic rings. The highest BCUT2D eigenvalue weighted by Crippen LogP contribution is 2.35. The molecule has 0 amide bonds. The Morgan fingerprint density at radius 3 is 3.00 bits per heavy atom. The number of fused-ring (bicyclic) bond motifs is 1. The number of halogens is 1. The van der Waals surface area contributed by atoms with Crippen molar-refractivity contribution >= 4 is 43.0 Å². The monoisotopic (exact) mass is 252 g/mol. The van der Waals surface area contributed by atoms with Gasteiger partial charge in [0.1, 0.15) is 6.07 Å². The van der Waals surface area contributed by atoms with Crippen LogP contribution in [0.5, 0.6) is 0 Å². The maximum absolute atomic E-state index is 8.81. The first-order valence-corrected chi connectivity index (χ1v) is 5.26. The van der Waals surface area contributed by atoms with Gasteiger partial charge >= 0.3 is 0 Å². The van der Waals surface area contributed by atoms with Crippen LogP contribution in [0.25, 0.3) is 10.1 Å². The molecule has 1 aromatic heterocycles. The van der Waals surface area contributed by atoms with Gasteiger partial charge in [-0.05, 0) is 38.8 Å². The molecule has 0 aliphatic carbocycles. The van der Waals surface area contributed by atoms with Gasteiger partial charge in [0.05, 0.1) is 20.4 Å². The predicted molar refractivity (Wildman–Crippen MR) is 58.7 cm³/mol. The van der Waals surface area contributed by atoms with Crippen LogP contribution in [0.15, 0.2) is 22.0 Å². The Morgan fingerprint density at radius 1 is 1.54 bits per heavy atom. The van der Waals surface area contributed by atoms with E-state index in [-0.39, 0.29) is 0 Å². The Kier molecular flexibility index (Phi) is 1.98. The van der Waals surface area contributed by atoms with E-state index in [1.165, 1.54) is 0 Å². The average molecular weight is 253 g/mol. The maximum atomic E-state index is 8.81. The summed E-state index contributed by atoms with van der Waals surface area (Å²) in [6.07, 6.45) is 0. The number of nitriles is 1. The first kappa shape index (κ1) is 8.54. The fourth-order valence-electron chi connectivity index (χ4n) is 1.20. The van der Waals surface area contributed by atoms with E-state index in [0.29, 0.717) is 15.7 Å². The summed E-state index contributed by atoms with van der Waals surface area (Å²) in [6, 6.07) is 5.90. The molecule has 2 N–H and O–H groups in total. The molecule has 0 saturated heterocycles. The third-order valence-electron chi connectivity index (χ3n) is 1.83. The van der Waals surface area contributed by atoms with Crippen molar-refractivity contribution in [2.24, 2.45) is 0 Å². The van der Waals surface area contributed by atoms with Crippen LogP contribution in [0, 0.1) is 11.3 Å². The molecule has 4 heteroatoms. The minimum absolute atomic E-state index is 0.586. The van der Waals surface area contributed by atoms with Crippen LogP contribution in [0.4, 0.5) is 5.69 Å². The first-order valence-electron chi connectivity index (χ1n) is 3.59. The van der Waals surface area contributed by atoms with E-state index in [9.17, 15) is 0 Å². The van der Waals surface area contributed by atoms with Crippen molar-refractivity contribution in [2.75, 3.05) is 5.73 Å². The second-order valence-corrected chi connectivity index (χ2v) is 4.31. The lowest BCUT2D eigenvalue weighted by Gasteiger charge is -2.01. The zero-order chi connectivity index (χ0) is 9.42. The number of hydrogen-bond acceptors (Lipinski definition) is 3. The Balaban J connectivity index is 2.94. The van der Waals surface area contributed by atoms with Crippen molar-refractivity contribution in [2.45, 2.75) is 0 Å². The Morgan fingerprint density at radius 2 is 2.31 bits per heavy atom. The summed E-state index contributed by atoms with van der Waals surface area (Å²) < 4.78 is 1.73. The summed E-state index contributed by atoms with van der Waals surface area (Å²) >= 11 is 4.89. The Labute approximate surface area is 87.7 Å². The highest BCUT2D eigenvalue weighted by Gasteiger charge is 2.08. The molecule has 1 aromatic carbocycles. The van der Waals surface area contributed by atoms with E-state index < -0.39 is 0 Å². The molecular formula is C9H5BrN2S. The van der Waals surface area contributed by atoms with E-state index in [1.807, 2.05) is 17.5 Å². The molecule has 13 heavy (non-hydrogen) atoms. The van der Waals surface area contributed by atoms with Crippen LogP contribution >= 0.6 is 27.3 Å². The van der Waals surface area contributed by atoms with Gasteiger partial charge in [-0.25, -0.2) is 0 Å². The molecular weight excluding hydrogens is 248 g/mol. The molecule has 0 atom stereocenters. The normalized spacial score (nSPS) is 10.2. The smallest absolute Gasteiger partial charge is 0.100 e. The summed E-state index contributed by atoms with van der Waals surface area (Å²) in [5.41, 5.74) is 7.09. The van der Waals surface area contributed by atoms with Gasteiger partial charge in [0.15, 0.2) is 0 Å². The molecule has 1 heterocycles. The van der Waals surface area contributed by atoms with Crippen molar-refractivity contribution in [1.29, 1.82) is 5.26 Å². The number of thiophene rings is 1. The van der Waals surface area contributed by atoms with Gasteiger partial charge in [0.25, 0.3) is 0 Å². The standard InChI is InChI=1S/C9H5BrN2S/c10-7-6(4-11)3-5-1-2-13-9(5)8(7)12/h1-3H,12H2. The molecule has 64 valence electrons. The number of benzene rings is 1. The third kappa shape index (κ3) is 1.21. The topological polar surface area (TPSA) is 49.8 Å². The zero-order valence-corrected chi connectivity index (χ0v) is 8.95. The van der Waals surface area contributed by atoms with Gasteiger partial charge in [0.2, 0.25) is 0 Å². The average Bonchev–Trinajstić information content (AvgIpc) is 2.59. The lowest BCUT2D eigenvalue weighted by Crippen LogP contribution is -1.89. The number of nitrogen functional groups attached to an aromatic ring is 1. The highest BCUT2D eigenvalue weighted by molar-refractivity contribution is 9.10. The summed E-state index contributed by atoms with van der Waals surface area (Å²) in [6.45, 7) is 0. The van der Waals surface area contributed by atoms with Crippen LogP contribution in [-0.2, 0) is 0 Å². The molecule has 0 unspecified atom stereocenters. The highest BCUT2D eigenvalue weighted by atomic mass is 79.9. The number of hydrogen-bond donors (Lipinski definition) is 1. The molecule has 2 rings (SSSR count). The molecule has 0 aliphatic heterocycles. The van der Waals surface area contributed by atoms with Crippen molar-refractivity contribution < 1.29 is 0 Å². The van der Waals surface area contributed by atoms with Crippen LogP contribution in [-0.4, -0.2) is 0 Å². The van der Waals surface area contributed by atoms with Gasteiger partial charge in [0, 0.05) is 0 Å². The largest absolute Gasteiger partial charge is 0.397 e. The summed E-state index contributed by atoms with van der Waals surface area (Å²) in [5.74, 6) is 0. The van der Waals surface area contributed by atoms with Gasteiger partial charge in [-0.2, -0.15) is 5.26 Å². The Hall–Kier alpha value is -1.05. The molecule has 2 nitrogen and oxygen atoms in total. The zero-order valence-electron chi connectivity index (χ0n) is 6.54. The van der Waals surface area contributed by atoms with Crippen LogP contribution in [0.3, 0.4) is 0 Å². The van der Waals surface area contributed by atoms with Crippen molar-refractivity contribution in [3.05, 3.63) is 27.5 Å². The predicted octanol–water partition coefficient (Wildman–Crippen LogP) is 3.12. The Bertz CT molecular complexity index is 510. The minimum Gasteiger partial charge on any atom is -0.397 e. The number of rotatable bonds is 0. The van der Waals surface area contributed by atoms with Gasteiger partial charge < -0.3 is 5.73 Å². The first-order chi connectivity index (χ1) is 6.24. The van der Waals surface area contributed by atoms with Crippen LogP contribution in [0.2, 0.25) is 0 Å². The molecule has 0 spiro atoms. The second kappa shape index (κ2) is 3.02. The summed E-state index contributed by atoms with van der Waals surface area (Å²) in [5, 5.41) is 11.8. The van der Waals surface area contributed by atoms with E-state index in [0.717, 1.165) is 10.1 Å². The molecule has 0 radical (unpaired) electrons. The van der Waals surface area contributed by atoms with Crippen molar-refractivity contribution in [1.82, 2.24) is 0 Å². The third-order valence-corrected chi connectivity index (χ3v) is 3.65.